The molecule has 13 heavy (non-hydrogen) atoms. The van der Waals surface area contributed by atoms with Gasteiger partial charge in [0, 0.05) is 0 Å². The van der Waals surface area contributed by atoms with E-state index in [9.17, 15) is 5.11 Å². The SMILES string of the molecule is CC12CCCC(C3CCCC31)C2O. The first-order chi connectivity index (χ1) is 6.23. The molecule has 3 aliphatic carbocycles. The Morgan fingerprint density at radius 3 is 2.69 bits per heavy atom. The Bertz CT molecular complexity index is 225. The number of rotatable bonds is 0. The fourth-order valence-corrected chi connectivity index (χ4v) is 4.69. The molecule has 0 saturated heterocycles. The Labute approximate surface area is 80.5 Å². The second-order valence-corrected chi connectivity index (χ2v) is 5.71. The summed E-state index contributed by atoms with van der Waals surface area (Å²) in [5.74, 6) is 2.43. The molecule has 1 nitrogen and oxygen atoms in total. The van der Waals surface area contributed by atoms with Gasteiger partial charge in [-0.25, -0.2) is 0 Å². The molecule has 0 aromatic carbocycles. The van der Waals surface area contributed by atoms with Gasteiger partial charge >= 0.3 is 0 Å². The lowest BCUT2D eigenvalue weighted by atomic mass is 9.70. The van der Waals surface area contributed by atoms with Gasteiger partial charge in [-0.15, -0.1) is 0 Å². The first kappa shape index (κ1) is 8.28. The van der Waals surface area contributed by atoms with E-state index in [1.165, 1.54) is 38.5 Å². The van der Waals surface area contributed by atoms with Crippen molar-refractivity contribution < 1.29 is 5.11 Å². The van der Waals surface area contributed by atoms with E-state index in [-0.39, 0.29) is 6.10 Å². The molecule has 0 heterocycles. The van der Waals surface area contributed by atoms with Crippen LogP contribution in [0.25, 0.3) is 0 Å². The van der Waals surface area contributed by atoms with Gasteiger partial charge in [0.2, 0.25) is 0 Å². The average molecular weight is 180 g/mol. The predicted octanol–water partition coefficient (Wildman–Crippen LogP) is 2.58. The van der Waals surface area contributed by atoms with Crippen LogP contribution in [0.2, 0.25) is 0 Å². The third-order valence-electron chi connectivity index (χ3n) is 5.30. The van der Waals surface area contributed by atoms with Gasteiger partial charge in [-0.2, -0.15) is 0 Å². The van der Waals surface area contributed by atoms with Crippen LogP contribution in [0.5, 0.6) is 0 Å². The van der Waals surface area contributed by atoms with Crippen LogP contribution in [0.4, 0.5) is 0 Å². The largest absolute Gasteiger partial charge is 0.392 e. The molecule has 0 radical (unpaired) electrons. The van der Waals surface area contributed by atoms with E-state index in [4.69, 9.17) is 0 Å². The fourth-order valence-electron chi connectivity index (χ4n) is 4.69. The molecule has 0 aliphatic heterocycles. The van der Waals surface area contributed by atoms with Crippen LogP contribution in [-0.2, 0) is 0 Å². The molecule has 0 aromatic rings. The maximum absolute atomic E-state index is 10.3. The van der Waals surface area contributed by atoms with E-state index >= 15 is 0 Å². The molecule has 0 spiro atoms. The highest BCUT2D eigenvalue weighted by Gasteiger charge is 2.59. The van der Waals surface area contributed by atoms with Gasteiger partial charge in [-0.05, 0) is 48.9 Å². The maximum atomic E-state index is 10.3. The number of hydrogen-bond donors (Lipinski definition) is 1. The summed E-state index contributed by atoms with van der Waals surface area (Å²) in [6.07, 6.45) is 8.22. The van der Waals surface area contributed by atoms with Gasteiger partial charge in [0.25, 0.3) is 0 Å². The lowest BCUT2D eigenvalue weighted by Gasteiger charge is -2.38. The van der Waals surface area contributed by atoms with Crippen LogP contribution in [0.1, 0.15) is 45.4 Å². The number of fused-ring (bicyclic) bond motifs is 5. The first-order valence-corrected chi connectivity index (χ1v) is 5.91. The molecule has 3 rings (SSSR count). The number of aliphatic hydroxyl groups is 1. The molecule has 3 fully saturated rings. The van der Waals surface area contributed by atoms with Crippen LogP contribution in [0.15, 0.2) is 0 Å². The molecular formula is C12H20O. The second-order valence-electron chi connectivity index (χ2n) is 5.71. The van der Waals surface area contributed by atoms with Crippen molar-refractivity contribution in [1.82, 2.24) is 0 Å². The van der Waals surface area contributed by atoms with Gasteiger partial charge in [0.05, 0.1) is 6.10 Å². The summed E-state index contributed by atoms with van der Waals surface area (Å²) >= 11 is 0. The van der Waals surface area contributed by atoms with Crippen molar-refractivity contribution in [1.29, 1.82) is 0 Å². The topological polar surface area (TPSA) is 20.2 Å². The summed E-state index contributed by atoms with van der Waals surface area (Å²) in [6, 6.07) is 0. The maximum Gasteiger partial charge on any atom is 0.0627 e. The lowest BCUT2D eigenvalue weighted by Crippen LogP contribution is -2.37. The molecule has 2 bridgehead atoms. The van der Waals surface area contributed by atoms with Gasteiger partial charge in [0.1, 0.15) is 0 Å². The molecule has 0 aromatic heterocycles. The van der Waals surface area contributed by atoms with E-state index in [1.807, 2.05) is 0 Å². The summed E-state index contributed by atoms with van der Waals surface area (Å²) in [7, 11) is 0. The summed E-state index contributed by atoms with van der Waals surface area (Å²) in [5.41, 5.74) is 0.310. The Balaban J connectivity index is 2.00. The Morgan fingerprint density at radius 2 is 1.85 bits per heavy atom. The summed E-state index contributed by atoms with van der Waals surface area (Å²) < 4.78 is 0. The Kier molecular flexibility index (Phi) is 1.59. The Hall–Kier alpha value is -0.0400. The predicted molar refractivity (Wildman–Crippen MR) is 52.3 cm³/mol. The molecule has 5 unspecified atom stereocenters. The van der Waals surface area contributed by atoms with Crippen molar-refractivity contribution in [2.75, 3.05) is 0 Å². The van der Waals surface area contributed by atoms with Crippen LogP contribution < -0.4 is 0 Å². The molecule has 74 valence electrons. The third-order valence-corrected chi connectivity index (χ3v) is 5.30. The van der Waals surface area contributed by atoms with Gasteiger partial charge < -0.3 is 5.11 Å². The lowest BCUT2D eigenvalue weighted by molar-refractivity contribution is -0.0166. The average Bonchev–Trinajstić information content (AvgIpc) is 2.61. The summed E-state index contributed by atoms with van der Waals surface area (Å²) in [4.78, 5) is 0. The zero-order chi connectivity index (χ0) is 9.05. The number of aliphatic hydroxyl groups excluding tert-OH is 1. The molecular weight excluding hydrogens is 160 g/mol. The van der Waals surface area contributed by atoms with E-state index in [0.29, 0.717) is 11.3 Å². The highest BCUT2D eigenvalue weighted by Crippen LogP contribution is 2.63. The number of hydrogen-bond acceptors (Lipinski definition) is 1. The minimum atomic E-state index is 0.0385. The molecule has 5 atom stereocenters. The first-order valence-electron chi connectivity index (χ1n) is 5.91. The van der Waals surface area contributed by atoms with Crippen molar-refractivity contribution in [3.8, 4) is 0 Å². The molecule has 1 N–H and O–H groups in total. The third kappa shape index (κ3) is 0.869. The van der Waals surface area contributed by atoms with E-state index < -0.39 is 0 Å². The van der Waals surface area contributed by atoms with Crippen molar-refractivity contribution in [2.45, 2.75) is 51.6 Å². The van der Waals surface area contributed by atoms with Crippen molar-refractivity contribution in [3.63, 3.8) is 0 Å². The molecule has 1 heteroatoms. The zero-order valence-corrected chi connectivity index (χ0v) is 8.50. The highest BCUT2D eigenvalue weighted by atomic mass is 16.3. The molecule has 0 amide bonds. The van der Waals surface area contributed by atoms with Crippen LogP contribution in [-0.4, -0.2) is 11.2 Å². The van der Waals surface area contributed by atoms with Gasteiger partial charge in [-0.3, -0.25) is 0 Å². The normalized spacial score (nSPS) is 59.5. The van der Waals surface area contributed by atoms with Gasteiger partial charge in [0.15, 0.2) is 0 Å². The summed E-state index contributed by atoms with van der Waals surface area (Å²) in [5, 5.41) is 10.3. The fraction of sp³-hybridized carbons (Fsp3) is 1.00. The second kappa shape index (κ2) is 2.50. The van der Waals surface area contributed by atoms with Crippen LogP contribution >= 0.6 is 0 Å². The standard InChI is InChI=1S/C12H20O/c1-12-7-3-5-9(11(12)13)8-4-2-6-10(8)12/h8-11,13H,2-7H2,1H3. The monoisotopic (exact) mass is 180 g/mol. The zero-order valence-electron chi connectivity index (χ0n) is 8.50. The summed E-state index contributed by atoms with van der Waals surface area (Å²) in [6.45, 7) is 2.35. The minimum absolute atomic E-state index is 0.0385. The van der Waals surface area contributed by atoms with Crippen molar-refractivity contribution in [3.05, 3.63) is 0 Å². The quantitative estimate of drug-likeness (QED) is 0.607. The van der Waals surface area contributed by atoms with Crippen molar-refractivity contribution in [2.24, 2.45) is 23.2 Å². The minimum Gasteiger partial charge on any atom is -0.392 e. The Morgan fingerprint density at radius 1 is 1.08 bits per heavy atom. The van der Waals surface area contributed by atoms with Gasteiger partial charge in [-0.1, -0.05) is 19.8 Å². The van der Waals surface area contributed by atoms with Crippen LogP contribution in [0.3, 0.4) is 0 Å². The van der Waals surface area contributed by atoms with E-state index in [1.54, 1.807) is 0 Å². The van der Waals surface area contributed by atoms with E-state index in [0.717, 1.165) is 11.8 Å². The smallest absolute Gasteiger partial charge is 0.0627 e. The molecule has 3 saturated carbocycles. The van der Waals surface area contributed by atoms with Crippen molar-refractivity contribution >= 4 is 0 Å². The van der Waals surface area contributed by atoms with E-state index in [2.05, 4.69) is 6.92 Å². The van der Waals surface area contributed by atoms with Crippen LogP contribution in [0, 0.1) is 23.2 Å². The molecule has 3 aliphatic rings. The highest BCUT2D eigenvalue weighted by molar-refractivity contribution is 5.08.